The number of furan rings is 1. The fraction of sp³-hybridized carbons (Fsp3) is 0.467. The Bertz CT molecular complexity index is 1360. The quantitative estimate of drug-likeness (QED) is 0.193. The summed E-state index contributed by atoms with van der Waals surface area (Å²) in [5, 5.41) is 15.6. The molecule has 1 amide bonds. The van der Waals surface area contributed by atoms with Gasteiger partial charge in [-0.25, -0.2) is 4.99 Å². The highest BCUT2D eigenvalue weighted by atomic mass is 32.1. The molecule has 2 aromatic heterocycles. The van der Waals surface area contributed by atoms with Crippen LogP contribution in [0.1, 0.15) is 78.6 Å². The molecule has 0 spiro atoms. The Morgan fingerprint density at radius 2 is 2.05 bits per heavy atom. The van der Waals surface area contributed by atoms with Crippen molar-refractivity contribution in [3.63, 3.8) is 0 Å². The molecule has 1 fully saturated rings. The third kappa shape index (κ3) is 6.08. The molecule has 1 aliphatic heterocycles. The van der Waals surface area contributed by atoms with Crippen LogP contribution in [0.15, 0.2) is 46.0 Å². The van der Waals surface area contributed by atoms with Crippen molar-refractivity contribution < 1.29 is 14.1 Å². The van der Waals surface area contributed by atoms with Gasteiger partial charge in [0.05, 0.1) is 23.3 Å². The Morgan fingerprint density at radius 1 is 1.26 bits per heavy atom. The van der Waals surface area contributed by atoms with Gasteiger partial charge in [-0.1, -0.05) is 26.8 Å². The topological polar surface area (TPSA) is 101 Å². The van der Waals surface area contributed by atoms with Crippen LogP contribution in [0.4, 0.5) is 16.4 Å². The van der Waals surface area contributed by atoms with Gasteiger partial charge >= 0.3 is 0 Å². The standard InChI is InChI=1S/C30H36N4O4S/c1-30(2,3)21-10-11-23-26(17-21)39-29(27(23)28(35)31-19-22-8-7-15-38-22)32-18-20-9-12-24(25(16-20)34(36)37)33-13-5-4-6-14-33/h7-9,12,15-16,18,21H,4-6,10-11,13-14,17,19H2,1-3H3,(H,31,35)/t21-/m0/s1. The number of carbonyl (C=O) groups is 1. The number of nitro benzene ring substituents is 1. The predicted octanol–water partition coefficient (Wildman–Crippen LogP) is 7.07. The summed E-state index contributed by atoms with van der Waals surface area (Å²) in [4.78, 5) is 33.1. The van der Waals surface area contributed by atoms with Gasteiger partial charge in [0.1, 0.15) is 16.4 Å². The summed E-state index contributed by atoms with van der Waals surface area (Å²) >= 11 is 1.56. The lowest BCUT2D eigenvalue weighted by atomic mass is 9.72. The molecule has 3 heterocycles. The van der Waals surface area contributed by atoms with Crippen LogP contribution in [0.2, 0.25) is 0 Å². The number of piperidine rings is 1. The second-order valence-electron chi connectivity index (χ2n) is 11.6. The van der Waals surface area contributed by atoms with Gasteiger partial charge in [-0.3, -0.25) is 14.9 Å². The van der Waals surface area contributed by atoms with E-state index in [9.17, 15) is 14.9 Å². The third-order valence-electron chi connectivity index (χ3n) is 7.93. The van der Waals surface area contributed by atoms with Crippen molar-refractivity contribution >= 4 is 39.8 Å². The molecule has 1 N–H and O–H groups in total. The Kier molecular flexibility index (Phi) is 7.88. The number of anilines is 1. The molecule has 8 nitrogen and oxygen atoms in total. The van der Waals surface area contributed by atoms with Crippen molar-refractivity contribution in [2.24, 2.45) is 16.3 Å². The second kappa shape index (κ2) is 11.3. The molecule has 5 rings (SSSR count). The smallest absolute Gasteiger partial charge is 0.293 e. The molecular formula is C30H36N4O4S. The molecule has 0 radical (unpaired) electrons. The zero-order valence-corrected chi connectivity index (χ0v) is 23.7. The molecule has 39 heavy (non-hydrogen) atoms. The molecule has 3 aromatic rings. The normalized spacial score (nSPS) is 17.8. The van der Waals surface area contributed by atoms with E-state index in [2.05, 4.69) is 31.0 Å². The maximum Gasteiger partial charge on any atom is 0.293 e. The lowest BCUT2D eigenvalue weighted by Crippen LogP contribution is -2.29. The minimum absolute atomic E-state index is 0.0933. The van der Waals surface area contributed by atoms with E-state index in [0.717, 1.165) is 57.2 Å². The molecule has 9 heteroatoms. The summed E-state index contributed by atoms with van der Waals surface area (Å²) in [5.41, 5.74) is 3.27. The first-order chi connectivity index (χ1) is 18.7. The largest absolute Gasteiger partial charge is 0.467 e. The second-order valence-corrected chi connectivity index (χ2v) is 12.6. The van der Waals surface area contributed by atoms with Crippen molar-refractivity contribution in [2.75, 3.05) is 18.0 Å². The number of amides is 1. The van der Waals surface area contributed by atoms with Gasteiger partial charge in [0.2, 0.25) is 0 Å². The van der Waals surface area contributed by atoms with E-state index in [0.29, 0.717) is 40.0 Å². The molecule has 2 aliphatic rings. The van der Waals surface area contributed by atoms with Gasteiger partial charge in [0, 0.05) is 30.2 Å². The summed E-state index contributed by atoms with van der Waals surface area (Å²) in [6.45, 7) is 8.78. The maximum atomic E-state index is 13.4. The van der Waals surface area contributed by atoms with Crippen LogP contribution in [0, 0.1) is 21.4 Å². The average molecular weight is 549 g/mol. The number of fused-ring (bicyclic) bond motifs is 1. The minimum Gasteiger partial charge on any atom is -0.467 e. The number of nitro groups is 1. The number of carbonyl (C=O) groups excluding carboxylic acids is 1. The van der Waals surface area contributed by atoms with Crippen molar-refractivity contribution in [1.29, 1.82) is 0 Å². The minimum atomic E-state index is -0.314. The van der Waals surface area contributed by atoms with Crippen LogP contribution < -0.4 is 10.2 Å². The summed E-state index contributed by atoms with van der Waals surface area (Å²) < 4.78 is 5.38. The molecular weight excluding hydrogens is 512 g/mol. The van der Waals surface area contributed by atoms with Crippen LogP contribution >= 0.6 is 11.3 Å². The Morgan fingerprint density at radius 3 is 2.74 bits per heavy atom. The highest BCUT2D eigenvalue weighted by Gasteiger charge is 2.33. The Hall–Kier alpha value is -3.46. The number of nitrogens with one attached hydrogen (secondary N) is 1. The Balaban J connectivity index is 1.45. The van der Waals surface area contributed by atoms with Gasteiger partial charge in [-0.15, -0.1) is 11.3 Å². The summed E-state index contributed by atoms with van der Waals surface area (Å²) in [5.74, 6) is 1.05. The first-order valence-corrected chi connectivity index (χ1v) is 14.5. The SMILES string of the molecule is CC(C)(C)[C@H]1CCc2c(sc(N=Cc3ccc(N4CCCCC4)c([N+](=O)[O-])c3)c2C(=O)NCc2ccco2)C1. The number of nitrogens with zero attached hydrogens (tertiary/aromatic N) is 3. The van der Waals surface area contributed by atoms with Crippen LogP contribution in [-0.2, 0) is 19.4 Å². The van der Waals surface area contributed by atoms with Gasteiger partial charge in [-0.05, 0) is 79.2 Å². The van der Waals surface area contributed by atoms with Gasteiger partial charge in [0.25, 0.3) is 11.6 Å². The highest BCUT2D eigenvalue weighted by Crippen LogP contribution is 2.45. The van der Waals surface area contributed by atoms with E-state index in [-0.39, 0.29) is 21.9 Å². The van der Waals surface area contributed by atoms with E-state index in [1.807, 2.05) is 18.2 Å². The number of hydrogen-bond acceptors (Lipinski definition) is 7. The first-order valence-electron chi connectivity index (χ1n) is 13.7. The van der Waals surface area contributed by atoms with E-state index >= 15 is 0 Å². The van der Waals surface area contributed by atoms with Gasteiger partial charge < -0.3 is 14.6 Å². The van der Waals surface area contributed by atoms with Crippen molar-refractivity contribution in [1.82, 2.24) is 5.32 Å². The third-order valence-corrected chi connectivity index (χ3v) is 9.09. The molecule has 1 aliphatic carbocycles. The van der Waals surface area contributed by atoms with Crippen LogP contribution in [-0.4, -0.2) is 30.1 Å². The first kappa shape index (κ1) is 27.1. The lowest BCUT2D eigenvalue weighted by Gasteiger charge is -2.33. The van der Waals surface area contributed by atoms with E-state index in [1.54, 1.807) is 35.9 Å². The van der Waals surface area contributed by atoms with Crippen LogP contribution in [0.25, 0.3) is 0 Å². The molecule has 1 aromatic carbocycles. The highest BCUT2D eigenvalue weighted by molar-refractivity contribution is 7.16. The fourth-order valence-electron chi connectivity index (χ4n) is 5.61. The molecule has 0 bridgehead atoms. The number of hydrogen-bond donors (Lipinski definition) is 1. The van der Waals surface area contributed by atoms with Crippen LogP contribution in [0.5, 0.6) is 0 Å². The zero-order valence-electron chi connectivity index (χ0n) is 22.9. The molecule has 1 atom stereocenters. The van der Waals surface area contributed by atoms with Crippen LogP contribution in [0.3, 0.4) is 0 Å². The van der Waals surface area contributed by atoms with E-state index < -0.39 is 0 Å². The van der Waals surface area contributed by atoms with Crippen molar-refractivity contribution in [2.45, 2.75) is 65.8 Å². The molecule has 0 unspecified atom stereocenters. The Labute approximate surface area is 233 Å². The van der Waals surface area contributed by atoms with Crippen molar-refractivity contribution in [3.05, 3.63) is 74.0 Å². The lowest BCUT2D eigenvalue weighted by molar-refractivity contribution is -0.384. The zero-order chi connectivity index (χ0) is 27.6. The summed E-state index contributed by atoms with van der Waals surface area (Å²) in [6.07, 6.45) is 9.28. The number of rotatable bonds is 7. The predicted molar refractivity (Wildman–Crippen MR) is 156 cm³/mol. The van der Waals surface area contributed by atoms with Gasteiger partial charge in [-0.2, -0.15) is 0 Å². The monoisotopic (exact) mass is 548 g/mol. The molecule has 0 saturated carbocycles. The number of benzene rings is 1. The summed E-state index contributed by atoms with van der Waals surface area (Å²) in [7, 11) is 0. The summed E-state index contributed by atoms with van der Waals surface area (Å²) in [6, 6.07) is 8.92. The molecule has 1 saturated heterocycles. The fourth-order valence-corrected chi connectivity index (χ4v) is 6.88. The van der Waals surface area contributed by atoms with Crippen molar-refractivity contribution in [3.8, 4) is 0 Å². The van der Waals surface area contributed by atoms with Gasteiger partial charge in [0.15, 0.2) is 0 Å². The van der Waals surface area contributed by atoms with E-state index in [4.69, 9.17) is 9.41 Å². The number of aliphatic imine (C=N–C) groups is 1. The van der Waals surface area contributed by atoms with E-state index in [1.165, 1.54) is 4.88 Å². The maximum absolute atomic E-state index is 13.4. The average Bonchev–Trinajstić information content (AvgIpc) is 3.57. The molecule has 206 valence electrons. The number of thiophene rings is 1.